The van der Waals surface area contributed by atoms with Crippen molar-refractivity contribution in [3.05, 3.63) is 0 Å². The molecule has 1 N–H and O–H groups in total. The molecule has 0 saturated heterocycles. The van der Waals surface area contributed by atoms with Gasteiger partial charge in [0.15, 0.2) is 0 Å². The zero-order valence-corrected chi connectivity index (χ0v) is 11.3. The van der Waals surface area contributed by atoms with Gasteiger partial charge in [0.2, 0.25) is 0 Å². The molecule has 96 valence electrons. The van der Waals surface area contributed by atoms with Gasteiger partial charge in [-0.2, -0.15) is 0 Å². The summed E-state index contributed by atoms with van der Waals surface area (Å²) >= 11 is 0. The Morgan fingerprint density at radius 2 is 1.94 bits per heavy atom. The molecule has 0 heterocycles. The Morgan fingerprint density at radius 1 is 1.19 bits per heavy atom. The van der Waals surface area contributed by atoms with Crippen LogP contribution in [0, 0.1) is 5.41 Å². The van der Waals surface area contributed by atoms with Crippen molar-refractivity contribution < 1.29 is 4.74 Å². The highest BCUT2D eigenvalue weighted by Crippen LogP contribution is 2.21. The third kappa shape index (κ3) is 7.24. The number of hydrogen-bond acceptors (Lipinski definition) is 2. The molecule has 0 spiro atoms. The summed E-state index contributed by atoms with van der Waals surface area (Å²) in [5.41, 5.74) is 0.285. The van der Waals surface area contributed by atoms with Gasteiger partial charge in [-0.05, 0) is 19.3 Å². The van der Waals surface area contributed by atoms with E-state index in [0.717, 1.165) is 25.8 Å². The monoisotopic (exact) mass is 227 g/mol. The van der Waals surface area contributed by atoms with Gasteiger partial charge in [0, 0.05) is 24.6 Å². The first-order valence-electron chi connectivity index (χ1n) is 6.95. The van der Waals surface area contributed by atoms with Crippen LogP contribution in [0.3, 0.4) is 0 Å². The predicted octanol–water partition coefficient (Wildman–Crippen LogP) is 3.36. The molecule has 2 nitrogen and oxygen atoms in total. The summed E-state index contributed by atoms with van der Waals surface area (Å²) in [5.74, 6) is 0. The van der Waals surface area contributed by atoms with Crippen molar-refractivity contribution in [3.63, 3.8) is 0 Å². The molecule has 16 heavy (non-hydrogen) atoms. The average Bonchev–Trinajstić information content (AvgIpc) is 3.04. The van der Waals surface area contributed by atoms with Crippen molar-refractivity contribution >= 4 is 0 Å². The number of rotatable bonds is 10. The van der Waals surface area contributed by atoms with E-state index in [9.17, 15) is 0 Å². The van der Waals surface area contributed by atoms with E-state index in [4.69, 9.17) is 4.74 Å². The third-order valence-corrected chi connectivity index (χ3v) is 3.08. The van der Waals surface area contributed by atoms with Gasteiger partial charge in [-0.15, -0.1) is 0 Å². The molecule has 0 aromatic carbocycles. The van der Waals surface area contributed by atoms with Crippen molar-refractivity contribution in [3.8, 4) is 0 Å². The fourth-order valence-electron chi connectivity index (χ4n) is 1.74. The smallest absolute Gasteiger partial charge is 0.0529 e. The molecule has 0 aromatic heterocycles. The molecule has 1 fully saturated rings. The van der Waals surface area contributed by atoms with Crippen LogP contribution in [0.15, 0.2) is 0 Å². The first kappa shape index (κ1) is 14.0. The van der Waals surface area contributed by atoms with E-state index in [2.05, 4.69) is 26.1 Å². The summed E-state index contributed by atoms with van der Waals surface area (Å²) in [6, 6.07) is 0.809. The minimum atomic E-state index is 0.285. The Morgan fingerprint density at radius 3 is 2.56 bits per heavy atom. The maximum Gasteiger partial charge on any atom is 0.0529 e. The minimum Gasteiger partial charge on any atom is -0.381 e. The maximum atomic E-state index is 5.76. The Hall–Kier alpha value is -0.0800. The van der Waals surface area contributed by atoms with Crippen LogP contribution in [0.25, 0.3) is 0 Å². The van der Waals surface area contributed by atoms with Crippen LogP contribution in [-0.2, 0) is 4.74 Å². The molecular formula is C14H29NO. The highest BCUT2D eigenvalue weighted by atomic mass is 16.5. The fraction of sp³-hybridized carbons (Fsp3) is 1.00. The van der Waals surface area contributed by atoms with E-state index >= 15 is 0 Å². The van der Waals surface area contributed by atoms with E-state index in [-0.39, 0.29) is 5.41 Å². The Balaban J connectivity index is 1.92. The quantitative estimate of drug-likeness (QED) is 0.578. The highest BCUT2D eigenvalue weighted by molar-refractivity contribution is 4.83. The number of unbranched alkanes of at least 4 members (excludes halogenated alkanes) is 3. The van der Waals surface area contributed by atoms with Crippen molar-refractivity contribution in [2.45, 2.75) is 65.3 Å². The van der Waals surface area contributed by atoms with Crippen LogP contribution in [-0.4, -0.2) is 25.8 Å². The van der Waals surface area contributed by atoms with Gasteiger partial charge in [-0.1, -0.05) is 40.0 Å². The highest BCUT2D eigenvalue weighted by Gasteiger charge is 2.25. The normalized spacial score (nSPS) is 16.7. The van der Waals surface area contributed by atoms with Crippen LogP contribution < -0.4 is 5.32 Å². The standard InChI is InChI=1S/C14H29NO/c1-4-5-6-7-10-16-12-14(2,3)11-15-13-8-9-13/h13,15H,4-12H2,1-3H3. The zero-order chi connectivity index (χ0) is 11.9. The van der Waals surface area contributed by atoms with Gasteiger partial charge in [0.25, 0.3) is 0 Å². The van der Waals surface area contributed by atoms with Crippen molar-refractivity contribution in [2.75, 3.05) is 19.8 Å². The van der Waals surface area contributed by atoms with Gasteiger partial charge in [0.1, 0.15) is 0 Å². The number of hydrogen-bond donors (Lipinski definition) is 1. The molecular weight excluding hydrogens is 198 g/mol. The molecule has 0 bridgehead atoms. The van der Waals surface area contributed by atoms with Gasteiger partial charge in [0.05, 0.1) is 6.61 Å². The van der Waals surface area contributed by atoms with Crippen LogP contribution in [0.1, 0.15) is 59.3 Å². The van der Waals surface area contributed by atoms with E-state index in [0.29, 0.717) is 0 Å². The van der Waals surface area contributed by atoms with Crippen LogP contribution in [0.4, 0.5) is 0 Å². The van der Waals surface area contributed by atoms with Gasteiger partial charge in [-0.3, -0.25) is 0 Å². The van der Waals surface area contributed by atoms with Crippen molar-refractivity contribution in [1.29, 1.82) is 0 Å². The fourth-order valence-corrected chi connectivity index (χ4v) is 1.74. The van der Waals surface area contributed by atoms with Crippen molar-refractivity contribution in [2.24, 2.45) is 5.41 Å². The second-order valence-corrected chi connectivity index (χ2v) is 5.93. The minimum absolute atomic E-state index is 0.285. The summed E-state index contributed by atoms with van der Waals surface area (Å²) < 4.78 is 5.76. The predicted molar refractivity (Wildman–Crippen MR) is 69.8 cm³/mol. The zero-order valence-electron chi connectivity index (χ0n) is 11.3. The molecule has 1 aliphatic rings. The summed E-state index contributed by atoms with van der Waals surface area (Å²) in [6.07, 6.45) is 7.92. The number of nitrogens with one attached hydrogen (secondary N) is 1. The molecule has 0 aliphatic heterocycles. The Labute approximate surface area is 101 Å². The topological polar surface area (TPSA) is 21.3 Å². The lowest BCUT2D eigenvalue weighted by atomic mass is 9.95. The third-order valence-electron chi connectivity index (χ3n) is 3.08. The largest absolute Gasteiger partial charge is 0.381 e. The van der Waals surface area contributed by atoms with Crippen molar-refractivity contribution in [1.82, 2.24) is 5.32 Å². The molecule has 0 atom stereocenters. The van der Waals surface area contributed by atoms with Crippen LogP contribution in [0.5, 0.6) is 0 Å². The van der Waals surface area contributed by atoms with Crippen LogP contribution in [0.2, 0.25) is 0 Å². The molecule has 0 aromatic rings. The number of ether oxygens (including phenoxy) is 1. The van der Waals surface area contributed by atoms with E-state index in [1.807, 2.05) is 0 Å². The average molecular weight is 227 g/mol. The van der Waals surface area contributed by atoms with Gasteiger partial charge in [-0.25, -0.2) is 0 Å². The molecule has 2 heteroatoms. The van der Waals surface area contributed by atoms with E-state index in [1.54, 1.807) is 0 Å². The lowest BCUT2D eigenvalue weighted by Gasteiger charge is -2.25. The maximum absolute atomic E-state index is 5.76. The van der Waals surface area contributed by atoms with E-state index < -0.39 is 0 Å². The molecule has 1 saturated carbocycles. The summed E-state index contributed by atoms with van der Waals surface area (Å²) in [6.45, 7) is 9.73. The Kier molecular flexibility index (Phi) is 6.37. The first-order chi connectivity index (χ1) is 7.64. The molecule has 0 radical (unpaired) electrons. The lowest BCUT2D eigenvalue weighted by molar-refractivity contribution is 0.0595. The summed E-state index contributed by atoms with van der Waals surface area (Å²) in [4.78, 5) is 0. The molecule has 1 rings (SSSR count). The SMILES string of the molecule is CCCCCCOCC(C)(C)CNC1CC1. The van der Waals surface area contributed by atoms with E-state index in [1.165, 1.54) is 38.5 Å². The summed E-state index contributed by atoms with van der Waals surface area (Å²) in [5, 5.41) is 3.58. The summed E-state index contributed by atoms with van der Waals surface area (Å²) in [7, 11) is 0. The Bertz CT molecular complexity index is 176. The van der Waals surface area contributed by atoms with Crippen LogP contribution >= 0.6 is 0 Å². The lowest BCUT2D eigenvalue weighted by Crippen LogP contribution is -2.34. The first-order valence-corrected chi connectivity index (χ1v) is 6.95. The molecule has 0 unspecified atom stereocenters. The second-order valence-electron chi connectivity index (χ2n) is 5.93. The molecule has 0 amide bonds. The van der Waals surface area contributed by atoms with Gasteiger partial charge < -0.3 is 10.1 Å². The molecule has 1 aliphatic carbocycles. The second kappa shape index (κ2) is 7.29. The van der Waals surface area contributed by atoms with Gasteiger partial charge >= 0.3 is 0 Å².